The molecule has 3 nitrogen and oxygen atoms in total. The Kier molecular flexibility index (Phi) is 8.26. The lowest BCUT2D eigenvalue weighted by Gasteiger charge is -2.29. The monoisotopic (exact) mass is 286 g/mol. The summed E-state index contributed by atoms with van der Waals surface area (Å²) in [6, 6.07) is 8.54. The Balaban J connectivity index is 0.00000324. The average Bonchev–Trinajstić information content (AvgIpc) is 2.29. The Morgan fingerprint density at radius 1 is 1.26 bits per heavy atom. The summed E-state index contributed by atoms with van der Waals surface area (Å²) in [4.78, 5) is 2.32. The fraction of sp³-hybridized carbons (Fsp3) is 0.600. The standard InChI is InChI=1S/C15H26N2O.ClH/c1-15(2,11-16)12-17(3)9-13-6-5-7-14(8-13)10-18-4;/h5-8H,9-12,16H2,1-4H3;1H. The van der Waals surface area contributed by atoms with Crippen LogP contribution in [0.4, 0.5) is 0 Å². The van der Waals surface area contributed by atoms with E-state index in [1.54, 1.807) is 7.11 Å². The van der Waals surface area contributed by atoms with Crippen molar-refractivity contribution in [2.45, 2.75) is 27.0 Å². The van der Waals surface area contributed by atoms with Gasteiger partial charge in [-0.1, -0.05) is 38.1 Å². The number of ether oxygens (including phenoxy) is 1. The van der Waals surface area contributed by atoms with Gasteiger partial charge in [0, 0.05) is 20.2 Å². The molecule has 1 rings (SSSR count). The van der Waals surface area contributed by atoms with Crippen molar-refractivity contribution >= 4 is 12.4 Å². The third kappa shape index (κ3) is 6.92. The molecule has 0 radical (unpaired) electrons. The normalized spacial score (nSPS) is 11.5. The van der Waals surface area contributed by atoms with Gasteiger partial charge >= 0.3 is 0 Å². The number of hydrogen-bond acceptors (Lipinski definition) is 3. The molecular formula is C15H27ClN2O. The summed E-state index contributed by atoms with van der Waals surface area (Å²) in [5.74, 6) is 0. The lowest BCUT2D eigenvalue weighted by Crippen LogP contribution is -2.36. The van der Waals surface area contributed by atoms with Crippen LogP contribution < -0.4 is 5.73 Å². The number of nitrogens with two attached hydrogens (primary N) is 1. The molecule has 0 aromatic heterocycles. The first-order valence-corrected chi connectivity index (χ1v) is 6.42. The molecule has 0 fully saturated rings. The van der Waals surface area contributed by atoms with E-state index >= 15 is 0 Å². The summed E-state index contributed by atoms with van der Waals surface area (Å²) in [7, 11) is 3.86. The summed E-state index contributed by atoms with van der Waals surface area (Å²) >= 11 is 0. The van der Waals surface area contributed by atoms with E-state index in [2.05, 4.69) is 50.1 Å². The Hall–Kier alpha value is -0.610. The maximum atomic E-state index is 5.77. The van der Waals surface area contributed by atoms with Crippen molar-refractivity contribution in [1.29, 1.82) is 0 Å². The molecule has 0 heterocycles. The second-order valence-corrected chi connectivity index (χ2v) is 5.79. The second kappa shape index (κ2) is 8.54. The zero-order valence-corrected chi connectivity index (χ0v) is 13.3. The molecule has 1 aromatic carbocycles. The Bertz CT molecular complexity index is 369. The molecule has 0 saturated carbocycles. The summed E-state index contributed by atoms with van der Waals surface area (Å²) in [5, 5.41) is 0. The summed E-state index contributed by atoms with van der Waals surface area (Å²) in [6.07, 6.45) is 0. The van der Waals surface area contributed by atoms with Crippen LogP contribution in [0, 0.1) is 5.41 Å². The van der Waals surface area contributed by atoms with Gasteiger partial charge in [-0.15, -0.1) is 12.4 Å². The van der Waals surface area contributed by atoms with Crippen molar-refractivity contribution in [3.63, 3.8) is 0 Å². The Labute approximate surface area is 123 Å². The predicted molar refractivity (Wildman–Crippen MR) is 83.6 cm³/mol. The first-order chi connectivity index (χ1) is 8.46. The lowest BCUT2D eigenvalue weighted by atomic mass is 9.93. The molecule has 0 unspecified atom stereocenters. The molecule has 0 spiro atoms. The average molecular weight is 287 g/mol. The number of halogens is 1. The van der Waals surface area contributed by atoms with E-state index in [1.807, 2.05) is 0 Å². The molecule has 1 aromatic rings. The van der Waals surface area contributed by atoms with Gasteiger partial charge in [0.15, 0.2) is 0 Å². The highest BCUT2D eigenvalue weighted by atomic mass is 35.5. The van der Waals surface area contributed by atoms with Gasteiger partial charge in [-0.3, -0.25) is 0 Å². The van der Waals surface area contributed by atoms with Crippen LogP contribution in [0.5, 0.6) is 0 Å². The minimum absolute atomic E-state index is 0. The van der Waals surface area contributed by atoms with E-state index < -0.39 is 0 Å². The van der Waals surface area contributed by atoms with Gasteiger partial charge in [-0.25, -0.2) is 0 Å². The summed E-state index contributed by atoms with van der Waals surface area (Å²) < 4.78 is 5.16. The van der Waals surface area contributed by atoms with Crippen molar-refractivity contribution < 1.29 is 4.74 Å². The molecular weight excluding hydrogens is 260 g/mol. The van der Waals surface area contributed by atoms with Crippen LogP contribution in [0.25, 0.3) is 0 Å². The van der Waals surface area contributed by atoms with Gasteiger partial charge in [0.05, 0.1) is 6.61 Å². The van der Waals surface area contributed by atoms with Gasteiger partial charge in [0.1, 0.15) is 0 Å². The van der Waals surface area contributed by atoms with Crippen LogP contribution in [0.1, 0.15) is 25.0 Å². The third-order valence-corrected chi connectivity index (χ3v) is 3.01. The van der Waals surface area contributed by atoms with Crippen LogP contribution in [-0.2, 0) is 17.9 Å². The van der Waals surface area contributed by atoms with Crippen LogP contribution in [0.3, 0.4) is 0 Å². The van der Waals surface area contributed by atoms with Gasteiger partial charge in [-0.05, 0) is 30.1 Å². The maximum absolute atomic E-state index is 5.77. The number of nitrogens with zero attached hydrogens (tertiary/aromatic N) is 1. The van der Waals surface area contributed by atoms with Crippen molar-refractivity contribution in [3.05, 3.63) is 35.4 Å². The quantitative estimate of drug-likeness (QED) is 0.837. The van der Waals surface area contributed by atoms with Crippen molar-refractivity contribution in [2.75, 3.05) is 27.2 Å². The van der Waals surface area contributed by atoms with E-state index in [0.29, 0.717) is 13.2 Å². The smallest absolute Gasteiger partial charge is 0.0713 e. The molecule has 0 aliphatic rings. The first kappa shape index (κ1) is 18.4. The second-order valence-electron chi connectivity index (χ2n) is 5.79. The predicted octanol–water partition coefficient (Wildman–Crippen LogP) is 2.67. The van der Waals surface area contributed by atoms with E-state index in [9.17, 15) is 0 Å². The van der Waals surface area contributed by atoms with Crippen molar-refractivity contribution in [2.24, 2.45) is 11.1 Å². The van der Waals surface area contributed by atoms with E-state index in [0.717, 1.165) is 13.1 Å². The molecule has 19 heavy (non-hydrogen) atoms. The fourth-order valence-electron chi connectivity index (χ4n) is 2.15. The topological polar surface area (TPSA) is 38.5 Å². The molecule has 0 amide bonds. The van der Waals surface area contributed by atoms with Crippen LogP contribution >= 0.6 is 12.4 Å². The highest BCUT2D eigenvalue weighted by Crippen LogP contribution is 2.16. The highest BCUT2D eigenvalue weighted by Gasteiger charge is 2.17. The largest absolute Gasteiger partial charge is 0.380 e. The van der Waals surface area contributed by atoms with Gasteiger partial charge in [-0.2, -0.15) is 0 Å². The molecule has 0 atom stereocenters. The van der Waals surface area contributed by atoms with Crippen molar-refractivity contribution in [1.82, 2.24) is 4.90 Å². The Morgan fingerprint density at radius 3 is 2.47 bits per heavy atom. The van der Waals surface area contributed by atoms with Crippen LogP contribution in [0.15, 0.2) is 24.3 Å². The van der Waals surface area contributed by atoms with E-state index in [1.165, 1.54) is 11.1 Å². The molecule has 0 aliphatic carbocycles. The number of rotatable bonds is 7. The first-order valence-electron chi connectivity index (χ1n) is 6.42. The molecule has 0 saturated heterocycles. The summed E-state index contributed by atoms with van der Waals surface area (Å²) in [6.45, 7) is 7.72. The zero-order valence-electron chi connectivity index (χ0n) is 12.5. The summed E-state index contributed by atoms with van der Waals surface area (Å²) in [5.41, 5.74) is 8.48. The zero-order chi connectivity index (χ0) is 13.6. The van der Waals surface area contributed by atoms with E-state index in [4.69, 9.17) is 10.5 Å². The fourth-order valence-corrected chi connectivity index (χ4v) is 2.15. The SMILES string of the molecule is COCc1cccc(CN(C)CC(C)(C)CN)c1.Cl. The number of hydrogen-bond donors (Lipinski definition) is 1. The molecule has 0 aliphatic heterocycles. The van der Waals surface area contributed by atoms with Gasteiger partial charge in [0.2, 0.25) is 0 Å². The third-order valence-electron chi connectivity index (χ3n) is 3.01. The van der Waals surface area contributed by atoms with Gasteiger partial charge < -0.3 is 15.4 Å². The number of methoxy groups -OCH3 is 1. The molecule has 2 N–H and O–H groups in total. The minimum Gasteiger partial charge on any atom is -0.380 e. The highest BCUT2D eigenvalue weighted by molar-refractivity contribution is 5.85. The maximum Gasteiger partial charge on any atom is 0.0713 e. The number of benzene rings is 1. The van der Waals surface area contributed by atoms with Gasteiger partial charge in [0.25, 0.3) is 0 Å². The van der Waals surface area contributed by atoms with E-state index in [-0.39, 0.29) is 17.8 Å². The van der Waals surface area contributed by atoms with Crippen molar-refractivity contribution in [3.8, 4) is 0 Å². The molecule has 110 valence electrons. The van der Waals surface area contributed by atoms with Crippen LogP contribution in [0.2, 0.25) is 0 Å². The molecule has 4 heteroatoms. The lowest BCUT2D eigenvalue weighted by molar-refractivity contribution is 0.184. The minimum atomic E-state index is 0. The Morgan fingerprint density at radius 2 is 1.89 bits per heavy atom. The molecule has 0 bridgehead atoms. The van der Waals surface area contributed by atoms with Crippen LogP contribution in [-0.4, -0.2) is 32.1 Å².